The minimum absolute atomic E-state index is 0.0480. The number of carbonyl (C=O) groups excluding carboxylic acids is 1. The van der Waals surface area contributed by atoms with Gasteiger partial charge in [-0.05, 0) is 29.5 Å². The Morgan fingerprint density at radius 1 is 0.964 bits per heavy atom. The minimum Gasteiger partial charge on any atom is -0.481 e. The van der Waals surface area contributed by atoms with Crippen molar-refractivity contribution in [3.8, 4) is 11.1 Å². The SMILES string of the molecule is [2H]C([2H])(C(=O)O)C([2H])([2H])C(=O)N[C@H](Cc1ccc(-c2ccccc2)cc1)C[C@@H](C)C(=O)O. The summed E-state index contributed by atoms with van der Waals surface area (Å²) in [5.74, 6) is -5.53. The van der Waals surface area contributed by atoms with E-state index in [1.165, 1.54) is 6.92 Å². The van der Waals surface area contributed by atoms with E-state index in [2.05, 4.69) is 5.32 Å². The molecule has 0 aliphatic heterocycles. The van der Waals surface area contributed by atoms with Gasteiger partial charge in [-0.3, -0.25) is 14.4 Å². The second-order valence-corrected chi connectivity index (χ2v) is 6.47. The Bertz CT molecular complexity index is 964. The van der Waals surface area contributed by atoms with Crippen LogP contribution in [0.15, 0.2) is 54.6 Å². The molecule has 0 fully saturated rings. The van der Waals surface area contributed by atoms with Crippen LogP contribution in [0.1, 0.15) is 37.1 Å². The highest BCUT2D eigenvalue weighted by molar-refractivity contribution is 5.81. The molecule has 0 heterocycles. The molecule has 2 aromatic rings. The zero-order chi connectivity index (χ0) is 24.1. The molecule has 6 nitrogen and oxygen atoms in total. The van der Waals surface area contributed by atoms with Gasteiger partial charge in [-0.2, -0.15) is 0 Å². The fraction of sp³-hybridized carbons (Fsp3) is 0.318. The topological polar surface area (TPSA) is 104 Å². The number of hydrogen-bond donors (Lipinski definition) is 3. The van der Waals surface area contributed by atoms with Crippen LogP contribution < -0.4 is 5.32 Å². The molecular weight excluding hydrogens is 358 g/mol. The Balaban J connectivity index is 2.23. The molecular formula is C22H25NO5. The van der Waals surface area contributed by atoms with Crippen LogP contribution in [0, 0.1) is 5.92 Å². The third kappa shape index (κ3) is 6.87. The molecule has 0 radical (unpaired) electrons. The summed E-state index contributed by atoms with van der Waals surface area (Å²) in [4.78, 5) is 34.9. The standard InChI is InChI=1S/C22H25NO5/c1-15(22(27)28)13-19(23-20(24)11-12-21(25)26)14-16-7-9-18(10-8-16)17-5-3-2-4-6-17/h2-10,15,19H,11-14H2,1H3,(H,23,24)(H,25,26)(H,27,28)/t15-,19+/m1/s1/i11D2,12D2. The van der Waals surface area contributed by atoms with E-state index in [0.29, 0.717) is 0 Å². The number of rotatable bonds is 10. The van der Waals surface area contributed by atoms with Crippen LogP contribution in [0.3, 0.4) is 0 Å². The summed E-state index contributed by atoms with van der Waals surface area (Å²) in [6.45, 7) is 1.44. The van der Waals surface area contributed by atoms with E-state index in [-0.39, 0.29) is 12.8 Å². The molecule has 0 aromatic heterocycles. The molecule has 0 aliphatic carbocycles. The summed E-state index contributed by atoms with van der Waals surface area (Å²) >= 11 is 0. The average Bonchev–Trinajstić information content (AvgIpc) is 2.74. The molecule has 2 aromatic carbocycles. The van der Waals surface area contributed by atoms with Gasteiger partial charge in [-0.25, -0.2) is 0 Å². The first-order valence-corrected chi connectivity index (χ1v) is 8.77. The molecule has 0 bridgehead atoms. The van der Waals surface area contributed by atoms with Crippen molar-refractivity contribution in [1.29, 1.82) is 0 Å². The van der Waals surface area contributed by atoms with Gasteiger partial charge in [0.2, 0.25) is 5.91 Å². The molecule has 1 amide bonds. The zero-order valence-electron chi connectivity index (χ0n) is 19.4. The number of carboxylic acids is 2. The predicted molar refractivity (Wildman–Crippen MR) is 106 cm³/mol. The highest BCUT2D eigenvalue weighted by atomic mass is 16.4. The van der Waals surface area contributed by atoms with Crippen molar-refractivity contribution in [2.45, 2.75) is 38.6 Å². The molecule has 2 rings (SSSR count). The molecule has 0 spiro atoms. The first-order chi connectivity index (χ1) is 14.9. The minimum atomic E-state index is -3.46. The Hall–Kier alpha value is -3.15. The van der Waals surface area contributed by atoms with Gasteiger partial charge in [0.25, 0.3) is 0 Å². The summed E-state index contributed by atoms with van der Waals surface area (Å²) in [5, 5.41) is 20.5. The lowest BCUT2D eigenvalue weighted by Gasteiger charge is -2.21. The normalized spacial score (nSPS) is 15.9. The smallest absolute Gasteiger partial charge is 0.306 e. The molecule has 2 atom stereocenters. The zero-order valence-corrected chi connectivity index (χ0v) is 15.4. The summed E-state index contributed by atoms with van der Waals surface area (Å²) in [6, 6.07) is 16.1. The van der Waals surface area contributed by atoms with Gasteiger partial charge in [-0.1, -0.05) is 61.5 Å². The monoisotopic (exact) mass is 387 g/mol. The van der Waals surface area contributed by atoms with E-state index in [0.717, 1.165) is 16.7 Å². The lowest BCUT2D eigenvalue weighted by atomic mass is 9.95. The molecule has 0 aliphatic rings. The molecule has 0 unspecified atom stereocenters. The lowest BCUT2D eigenvalue weighted by Crippen LogP contribution is -2.38. The molecule has 6 heteroatoms. The van der Waals surface area contributed by atoms with Gasteiger partial charge in [-0.15, -0.1) is 0 Å². The summed E-state index contributed by atoms with van der Waals surface area (Å²) in [6.07, 6.45) is -6.71. The van der Waals surface area contributed by atoms with Crippen LogP contribution in [0.25, 0.3) is 11.1 Å². The van der Waals surface area contributed by atoms with Gasteiger partial charge >= 0.3 is 11.9 Å². The number of aliphatic carboxylic acids is 2. The Morgan fingerprint density at radius 2 is 1.57 bits per heavy atom. The highest BCUT2D eigenvalue weighted by Crippen LogP contribution is 2.20. The maximum absolute atomic E-state index is 12.5. The van der Waals surface area contributed by atoms with Gasteiger partial charge in [0.15, 0.2) is 0 Å². The third-order valence-electron chi connectivity index (χ3n) is 4.22. The summed E-state index contributed by atoms with van der Waals surface area (Å²) in [7, 11) is 0. The van der Waals surface area contributed by atoms with Crippen molar-refractivity contribution in [2.75, 3.05) is 0 Å². The van der Waals surface area contributed by atoms with Gasteiger partial charge in [0.1, 0.15) is 0 Å². The van der Waals surface area contributed by atoms with E-state index in [1.54, 1.807) is 12.1 Å². The van der Waals surface area contributed by atoms with Crippen molar-refractivity contribution in [2.24, 2.45) is 5.92 Å². The average molecular weight is 387 g/mol. The molecule has 28 heavy (non-hydrogen) atoms. The largest absolute Gasteiger partial charge is 0.481 e. The molecule has 0 saturated heterocycles. The van der Waals surface area contributed by atoms with Crippen LogP contribution in [0.5, 0.6) is 0 Å². The van der Waals surface area contributed by atoms with Crippen LogP contribution in [0.4, 0.5) is 0 Å². The maximum Gasteiger partial charge on any atom is 0.306 e. The summed E-state index contributed by atoms with van der Waals surface area (Å²) < 4.78 is 30.3. The maximum atomic E-state index is 12.5. The molecule has 3 N–H and O–H groups in total. The second kappa shape index (κ2) is 10.3. The van der Waals surface area contributed by atoms with Crippen LogP contribution in [-0.4, -0.2) is 34.1 Å². The van der Waals surface area contributed by atoms with E-state index >= 15 is 0 Å². The molecule has 0 saturated carbocycles. The summed E-state index contributed by atoms with van der Waals surface area (Å²) in [5.41, 5.74) is 2.71. The van der Waals surface area contributed by atoms with Crippen molar-refractivity contribution in [1.82, 2.24) is 5.32 Å². The number of benzene rings is 2. The van der Waals surface area contributed by atoms with Crippen molar-refractivity contribution >= 4 is 17.8 Å². The van der Waals surface area contributed by atoms with E-state index < -0.39 is 42.6 Å². The third-order valence-corrected chi connectivity index (χ3v) is 4.22. The number of amides is 1. The van der Waals surface area contributed by atoms with E-state index in [1.807, 2.05) is 42.5 Å². The fourth-order valence-electron chi connectivity index (χ4n) is 2.80. The van der Waals surface area contributed by atoms with Crippen LogP contribution in [0.2, 0.25) is 0 Å². The van der Waals surface area contributed by atoms with Gasteiger partial charge in [0, 0.05) is 17.9 Å². The fourth-order valence-corrected chi connectivity index (χ4v) is 2.80. The number of carbonyl (C=O) groups is 3. The van der Waals surface area contributed by atoms with Crippen LogP contribution in [-0.2, 0) is 20.8 Å². The van der Waals surface area contributed by atoms with Crippen molar-refractivity contribution in [3.63, 3.8) is 0 Å². The predicted octanol–water partition coefficient (Wildman–Crippen LogP) is 3.36. The Kier molecular flexibility index (Phi) is 5.81. The quantitative estimate of drug-likeness (QED) is 0.580. The first-order valence-electron chi connectivity index (χ1n) is 10.8. The van der Waals surface area contributed by atoms with Crippen LogP contribution >= 0.6 is 0 Å². The second-order valence-electron chi connectivity index (χ2n) is 6.47. The molecule has 148 valence electrons. The Morgan fingerprint density at radius 3 is 2.14 bits per heavy atom. The van der Waals surface area contributed by atoms with E-state index in [9.17, 15) is 19.5 Å². The first kappa shape index (κ1) is 15.9. The number of hydrogen-bond acceptors (Lipinski definition) is 3. The van der Waals surface area contributed by atoms with Gasteiger partial charge in [0.05, 0.1) is 12.3 Å². The number of carboxylic acid groups (broad SMARTS) is 2. The van der Waals surface area contributed by atoms with Crippen molar-refractivity contribution in [3.05, 3.63) is 60.2 Å². The highest BCUT2D eigenvalue weighted by Gasteiger charge is 2.20. The lowest BCUT2D eigenvalue weighted by molar-refractivity contribution is -0.141. The van der Waals surface area contributed by atoms with Gasteiger partial charge < -0.3 is 15.5 Å². The van der Waals surface area contributed by atoms with E-state index in [4.69, 9.17) is 10.6 Å². The van der Waals surface area contributed by atoms with Crippen molar-refractivity contribution < 1.29 is 30.1 Å². The number of nitrogens with one attached hydrogen (secondary N) is 1. The Labute approximate surface area is 169 Å².